The van der Waals surface area contributed by atoms with E-state index in [-0.39, 0.29) is 38.7 Å². The van der Waals surface area contributed by atoms with Crippen molar-refractivity contribution < 1.29 is 42.2 Å². The van der Waals surface area contributed by atoms with Crippen LogP contribution in [0.15, 0.2) is 109 Å². The van der Waals surface area contributed by atoms with Gasteiger partial charge in [0.05, 0.1) is 5.56 Å². The van der Waals surface area contributed by atoms with Crippen LogP contribution < -0.4 is 10.9 Å². The summed E-state index contributed by atoms with van der Waals surface area (Å²) in [6.07, 6.45) is 0. The molecule has 7 aromatic carbocycles. The normalized spacial score (nSPS) is 13.8. The van der Waals surface area contributed by atoms with Crippen LogP contribution in [-0.2, 0) is 43.0 Å². The van der Waals surface area contributed by atoms with Gasteiger partial charge >= 0.3 is 5.97 Å². The zero-order valence-corrected chi connectivity index (χ0v) is 24.8. The maximum absolute atomic E-state index is 13.3. The SMILES string of the molecule is [B]c1ccc2cc3[c-]c(C4(c5[c-]c6cc7ccc([B])cc7cc6cc5)OC(=O)c5ccccc54)ccc3cc2c1.[Y]. The predicted molar refractivity (Wildman–Crippen MR) is 163 cm³/mol. The Hall–Kier alpha value is -3.72. The maximum atomic E-state index is 13.3. The van der Waals surface area contributed by atoms with Crippen molar-refractivity contribution in [3.05, 3.63) is 144 Å². The smallest absolute Gasteiger partial charge is 0.340 e. The number of hydrogen-bond acceptors (Lipinski definition) is 2. The van der Waals surface area contributed by atoms with Crippen LogP contribution in [0.3, 0.4) is 0 Å². The quantitative estimate of drug-likeness (QED) is 0.107. The van der Waals surface area contributed by atoms with E-state index in [0.717, 1.165) is 70.7 Å². The van der Waals surface area contributed by atoms with Gasteiger partial charge in [-0.2, -0.15) is 0 Å². The molecule has 7 aromatic rings. The van der Waals surface area contributed by atoms with Gasteiger partial charge in [0.1, 0.15) is 15.7 Å². The van der Waals surface area contributed by atoms with Gasteiger partial charge in [-0.25, -0.2) is 4.79 Å². The van der Waals surface area contributed by atoms with Crippen molar-refractivity contribution in [2.24, 2.45) is 0 Å². The van der Waals surface area contributed by atoms with Gasteiger partial charge in [-0.15, -0.1) is 70.1 Å². The van der Waals surface area contributed by atoms with Gasteiger partial charge in [0.2, 0.25) is 0 Å². The summed E-state index contributed by atoms with van der Waals surface area (Å²) in [6.45, 7) is 0. The van der Waals surface area contributed by atoms with Crippen molar-refractivity contribution in [2.75, 3.05) is 0 Å². The van der Waals surface area contributed by atoms with Gasteiger partial charge in [-0.05, 0) is 16.8 Å². The van der Waals surface area contributed by atoms with E-state index in [0.29, 0.717) is 5.56 Å². The molecule has 41 heavy (non-hydrogen) atoms. The second-order valence-electron chi connectivity index (χ2n) is 10.5. The maximum Gasteiger partial charge on any atom is 0.340 e. The number of esters is 1. The molecule has 0 N–H and O–H groups in total. The number of rotatable bonds is 2. The van der Waals surface area contributed by atoms with Crippen molar-refractivity contribution in [1.29, 1.82) is 0 Å². The molecule has 185 valence electrons. The summed E-state index contributed by atoms with van der Waals surface area (Å²) >= 11 is 0. The molecule has 0 amide bonds. The van der Waals surface area contributed by atoms with Gasteiger partial charge in [-0.1, -0.05) is 99.6 Å². The minimum absolute atomic E-state index is 0. The van der Waals surface area contributed by atoms with Crippen LogP contribution in [-0.4, -0.2) is 21.7 Å². The molecule has 0 aromatic heterocycles. The molecule has 1 heterocycles. The minimum Gasteiger partial charge on any atom is -0.444 e. The molecule has 1 aliphatic heterocycles. The molecule has 0 fully saturated rings. The van der Waals surface area contributed by atoms with E-state index in [9.17, 15) is 4.79 Å². The van der Waals surface area contributed by atoms with Crippen LogP contribution in [0, 0.1) is 12.1 Å². The largest absolute Gasteiger partial charge is 0.444 e. The van der Waals surface area contributed by atoms with Gasteiger partial charge < -0.3 is 4.74 Å². The fraction of sp³-hybridized carbons (Fsp3) is 0.0278. The second-order valence-corrected chi connectivity index (χ2v) is 10.5. The summed E-state index contributed by atoms with van der Waals surface area (Å²) in [5, 5.41) is 8.19. The van der Waals surface area contributed by atoms with Crippen molar-refractivity contribution >= 4 is 75.7 Å². The summed E-state index contributed by atoms with van der Waals surface area (Å²) in [5.74, 6) is -0.361. The summed E-state index contributed by atoms with van der Waals surface area (Å²) in [5.41, 5.74) is 3.09. The van der Waals surface area contributed by atoms with E-state index >= 15 is 0 Å². The van der Waals surface area contributed by atoms with Crippen molar-refractivity contribution in [1.82, 2.24) is 0 Å². The number of hydrogen-bond donors (Lipinski definition) is 0. The average molecular weight is 593 g/mol. The van der Waals surface area contributed by atoms with Crippen LogP contribution in [0.1, 0.15) is 27.0 Å². The third kappa shape index (κ3) is 4.08. The number of cyclic esters (lactones) is 1. The first-order valence-corrected chi connectivity index (χ1v) is 13.1. The van der Waals surface area contributed by atoms with Crippen molar-refractivity contribution in [2.45, 2.75) is 5.60 Å². The van der Waals surface area contributed by atoms with Crippen LogP contribution in [0.25, 0.3) is 43.1 Å². The molecular formula is C36H18B2O2Y-2. The first kappa shape index (κ1) is 26.2. The number of carbonyl (C=O) groups excluding carboxylic acids is 1. The molecule has 0 unspecified atom stereocenters. The van der Waals surface area contributed by atoms with E-state index in [1.807, 2.05) is 72.8 Å². The van der Waals surface area contributed by atoms with Gasteiger partial charge in [-0.3, -0.25) is 0 Å². The molecule has 0 bridgehead atoms. The Labute approximate surface area is 265 Å². The molecule has 5 heteroatoms. The van der Waals surface area contributed by atoms with Crippen molar-refractivity contribution in [3.63, 3.8) is 0 Å². The van der Waals surface area contributed by atoms with E-state index in [1.165, 1.54) is 0 Å². The Morgan fingerprint density at radius 2 is 1.07 bits per heavy atom. The average Bonchev–Trinajstić information content (AvgIpc) is 3.27. The molecular weight excluding hydrogens is 575 g/mol. The second kappa shape index (κ2) is 9.69. The fourth-order valence-corrected chi connectivity index (χ4v) is 6.05. The number of fused-ring (bicyclic) bond motifs is 5. The summed E-state index contributed by atoms with van der Waals surface area (Å²) in [7, 11) is 12.1. The van der Waals surface area contributed by atoms with Crippen LogP contribution >= 0.6 is 0 Å². The Balaban J connectivity index is 0.00000276. The molecule has 2 nitrogen and oxygen atoms in total. The van der Waals surface area contributed by atoms with E-state index in [2.05, 4.69) is 48.5 Å². The number of benzene rings is 7. The third-order valence-corrected chi connectivity index (χ3v) is 7.99. The Morgan fingerprint density at radius 1 is 0.561 bits per heavy atom. The van der Waals surface area contributed by atoms with Crippen molar-refractivity contribution in [3.8, 4) is 0 Å². The first-order chi connectivity index (χ1) is 19.5. The van der Waals surface area contributed by atoms with E-state index < -0.39 is 5.60 Å². The van der Waals surface area contributed by atoms with Crippen LogP contribution in [0.5, 0.6) is 0 Å². The fourth-order valence-electron chi connectivity index (χ4n) is 6.05. The molecule has 1 aliphatic rings. The first-order valence-electron chi connectivity index (χ1n) is 13.1. The summed E-state index contributed by atoms with van der Waals surface area (Å²) in [4.78, 5) is 13.3. The van der Waals surface area contributed by atoms with Gasteiger partial charge in [0, 0.05) is 38.3 Å². The standard InChI is InChI=1S/C36H18B2O2.Y/c37-31-11-7-23-13-25-17-29(9-5-21(25)15-27(23)19-31)36(34-4-2-1-3-33(34)35(39)40-36)30-10-6-22-16-28-20-32(38)12-8-24(28)14-26(22)18-30;/h1-16,19-20H;/q-2;. The number of carbonyl (C=O) groups is 1. The molecule has 0 spiro atoms. The molecule has 0 atom stereocenters. The summed E-state index contributed by atoms with van der Waals surface area (Å²) in [6, 6.07) is 43.1. The van der Waals surface area contributed by atoms with E-state index in [4.69, 9.17) is 20.4 Å². The van der Waals surface area contributed by atoms with Crippen LogP contribution in [0.4, 0.5) is 0 Å². The predicted octanol–water partition coefficient (Wildman–Crippen LogP) is 5.95. The van der Waals surface area contributed by atoms with Gasteiger partial charge in [0.15, 0.2) is 5.60 Å². The Kier molecular flexibility index (Phi) is 6.19. The monoisotopic (exact) mass is 593 g/mol. The van der Waals surface area contributed by atoms with Crippen LogP contribution in [0.2, 0.25) is 0 Å². The topological polar surface area (TPSA) is 26.3 Å². The molecule has 8 rings (SSSR count). The zero-order valence-electron chi connectivity index (χ0n) is 21.9. The Bertz CT molecular complexity index is 2080. The molecule has 0 aliphatic carbocycles. The third-order valence-electron chi connectivity index (χ3n) is 7.99. The van der Waals surface area contributed by atoms with Gasteiger partial charge in [0.25, 0.3) is 0 Å². The minimum atomic E-state index is -1.19. The molecule has 0 saturated carbocycles. The number of ether oxygens (including phenoxy) is 1. The van der Waals surface area contributed by atoms with E-state index in [1.54, 1.807) is 0 Å². The Morgan fingerprint density at radius 3 is 1.63 bits per heavy atom. The summed E-state index contributed by atoms with van der Waals surface area (Å²) < 4.78 is 6.36. The zero-order chi connectivity index (χ0) is 27.0. The molecule has 0 saturated heterocycles. The molecule has 5 radical (unpaired) electrons.